The summed E-state index contributed by atoms with van der Waals surface area (Å²) in [6.07, 6.45) is 7.75. The average molecular weight is 1620 g/mol. The van der Waals surface area contributed by atoms with Crippen LogP contribution < -0.4 is 21.7 Å². The number of benzene rings is 6. The molecule has 2 saturated heterocycles. The van der Waals surface area contributed by atoms with E-state index in [0.717, 1.165) is 88.0 Å². The number of urea groups is 1. The highest BCUT2D eigenvalue weighted by Crippen LogP contribution is 2.47. The summed E-state index contributed by atoms with van der Waals surface area (Å²) in [5.74, 6) is -1.60. The van der Waals surface area contributed by atoms with Crippen molar-refractivity contribution in [1.29, 1.82) is 0 Å². The number of oxime groups is 2. The van der Waals surface area contributed by atoms with Crippen LogP contribution in [0.15, 0.2) is 185 Å². The fourth-order valence-electron chi connectivity index (χ4n) is 16.6. The summed E-state index contributed by atoms with van der Waals surface area (Å²) in [4.78, 5) is 140. The topological polar surface area (TPSA) is 316 Å². The van der Waals surface area contributed by atoms with Gasteiger partial charge in [-0.15, -0.1) is 0 Å². The number of likely N-dealkylation sites (tertiary alicyclic amines) is 2. The van der Waals surface area contributed by atoms with Crippen LogP contribution in [-0.4, -0.2) is 161 Å². The minimum Gasteiger partial charge on any atom is -0.449 e. The van der Waals surface area contributed by atoms with Crippen LogP contribution in [0.5, 0.6) is 0 Å². The first-order chi connectivity index (χ1) is 56.7. The number of fused-ring (bicyclic) bond motifs is 3. The molecule has 118 heavy (non-hydrogen) atoms. The number of ether oxygens (including phenoxy) is 2. The summed E-state index contributed by atoms with van der Waals surface area (Å²) in [5, 5.41) is 28.6. The van der Waals surface area contributed by atoms with Crippen molar-refractivity contribution in [3.05, 3.63) is 203 Å². The van der Waals surface area contributed by atoms with Crippen LogP contribution in [0.2, 0.25) is 0 Å². The first-order valence-corrected chi connectivity index (χ1v) is 42.1. The van der Waals surface area contributed by atoms with Crippen molar-refractivity contribution >= 4 is 64.6 Å². The van der Waals surface area contributed by atoms with Crippen molar-refractivity contribution in [1.82, 2.24) is 25.8 Å². The average Bonchev–Trinajstić information content (AvgIpc) is 1.59. The lowest BCUT2D eigenvalue weighted by Crippen LogP contribution is -2.58. The SMILES string of the molecule is CC.CCC[C@H](CC(=O)[C@@H]1C[C@]2(CC(c3ccccc3)=NO2)CN1C(=O)[C@@H](NC(=O)NCc1ccccc1)C(C)(C)C)C(O)C(=O)CC1CC1.CCC[C@H](CC(=O)[C@@H]1C[C@]2(CC(c3ccccc3)=NO2)CN1C(=O)[C@@H](NC(=O)OCC1c2ccccc2-c2ccccc21)C(C)(C)C)C(OC)C(=O)CC1CC1.CN.O=C=NCc1ccccc1. The van der Waals surface area contributed by atoms with Gasteiger partial charge in [-0.3, -0.25) is 28.8 Å². The lowest BCUT2D eigenvalue weighted by molar-refractivity contribution is -0.143. The predicted molar refractivity (Wildman–Crippen MR) is 457 cm³/mol. The van der Waals surface area contributed by atoms with E-state index in [1.807, 2.05) is 215 Å². The molecule has 2 saturated carbocycles. The molecule has 0 bridgehead atoms. The molecule has 5 amide bonds. The van der Waals surface area contributed by atoms with Gasteiger partial charge in [-0.2, -0.15) is 0 Å². The van der Waals surface area contributed by atoms with Crippen molar-refractivity contribution in [3.63, 3.8) is 0 Å². The summed E-state index contributed by atoms with van der Waals surface area (Å²) in [5.41, 5.74) is 10.9. The Morgan fingerprint density at radius 1 is 0.585 bits per heavy atom. The molecule has 6 N–H and O–H groups in total. The maximum Gasteiger partial charge on any atom is 0.407 e. The number of rotatable bonds is 31. The molecule has 0 radical (unpaired) electrons. The molecule has 23 heteroatoms. The van der Waals surface area contributed by atoms with Gasteiger partial charge in [-0.05, 0) is 125 Å². The summed E-state index contributed by atoms with van der Waals surface area (Å²) in [7, 11) is 3.04. The molecule has 10 atom stereocenters. The fourth-order valence-corrected chi connectivity index (χ4v) is 16.6. The van der Waals surface area contributed by atoms with E-state index in [-0.39, 0.29) is 86.3 Å². The van der Waals surface area contributed by atoms with Crippen LogP contribution in [0.25, 0.3) is 11.1 Å². The highest BCUT2D eigenvalue weighted by molar-refractivity contribution is 6.03. The second-order valence-corrected chi connectivity index (χ2v) is 34.1. The summed E-state index contributed by atoms with van der Waals surface area (Å²) < 4.78 is 11.7. The van der Waals surface area contributed by atoms with Crippen molar-refractivity contribution in [2.24, 2.45) is 55.5 Å². The molecule has 0 aromatic heterocycles. The molecule has 13 rings (SSSR count). The standard InChI is InChI=1S/C46H55N3O7.C38H50N4O6.C8H7NO.C2H6.CH5N/c1-6-14-31(41(54-5)40(51)23-29-21-22-29)24-39(50)38-26-46(25-37(48-56-46)30-15-8-7-9-16-30)28-49(38)43(52)42(45(2,3)4)47-44(53)55-27-36-34-19-12-10-17-32(34)33-18-11-13-20-35(33)36;1-5-12-28(33(45)32(44)19-25-17-18-25)20-31(43)30-22-38(21-29(41-48-38)27-15-10-7-11-16-27)24-42(30)35(46)34(37(2,3)4)40-36(47)39-23-26-13-8-6-9-14-26;10-7-9-6-8-4-2-1-3-5-8;2*1-2/h7-13,15-20,29,31,36,38,41-42H,6,14,21-28H2,1-5H3,(H,47,53);6-11,13-16,25,28,30,33-34,45H,5,12,17-24H2,1-4H3,(H2,39,40,47);1-5H,6H2;1-2H3;2H2,1H3/t31-,38+,41?,42-,46-;28-,30+,33?,34-,38-;;;/m11.../s1. The third kappa shape index (κ3) is 24.4. The van der Waals surface area contributed by atoms with E-state index >= 15 is 0 Å². The number of nitrogens with one attached hydrogen (secondary N) is 3. The quantitative estimate of drug-likeness (QED) is 0.0200. The number of carbonyl (C=O) groups is 8. The van der Waals surface area contributed by atoms with E-state index < -0.39 is 82.4 Å². The van der Waals surface area contributed by atoms with Gasteiger partial charge in [-0.25, -0.2) is 19.4 Å². The smallest absolute Gasteiger partial charge is 0.407 e. The number of hydrogen-bond donors (Lipinski definition) is 5. The summed E-state index contributed by atoms with van der Waals surface area (Å²) >= 11 is 0. The molecule has 4 fully saturated rings. The van der Waals surface area contributed by atoms with E-state index in [0.29, 0.717) is 69.9 Å². The first-order valence-electron chi connectivity index (χ1n) is 42.1. The molecule has 23 nitrogen and oxygen atoms in total. The Morgan fingerprint density at radius 2 is 1.00 bits per heavy atom. The predicted octanol–water partition coefficient (Wildman–Crippen LogP) is 15.2. The van der Waals surface area contributed by atoms with E-state index in [4.69, 9.17) is 19.1 Å². The molecule has 3 aliphatic carbocycles. The highest BCUT2D eigenvalue weighted by atomic mass is 16.7. The Morgan fingerprint density at radius 3 is 1.44 bits per heavy atom. The lowest BCUT2D eigenvalue weighted by atomic mass is 9.84. The van der Waals surface area contributed by atoms with Gasteiger partial charge in [0.1, 0.15) is 30.9 Å². The Labute approximate surface area is 696 Å². The first kappa shape index (κ1) is 91.6. The Balaban J connectivity index is 0.000000233. The maximum absolute atomic E-state index is 14.9. The Hall–Kier alpha value is -10.3. The molecule has 7 aliphatic rings. The maximum atomic E-state index is 14.9. The Bertz CT molecular complexity index is 4410. The van der Waals surface area contributed by atoms with Gasteiger partial charge in [-0.1, -0.05) is 262 Å². The normalized spacial score (nSPS) is 20.3. The number of Topliss-reactive ketones (excluding diaryl/α,β-unsaturated/α-hetero) is 4. The number of aliphatic imine (C=N–C) groups is 1. The molecule has 632 valence electrons. The van der Waals surface area contributed by atoms with Gasteiger partial charge in [0, 0.05) is 70.9 Å². The summed E-state index contributed by atoms with van der Waals surface area (Å²) in [6.45, 7) is 20.3. The number of aliphatic hydroxyl groups excluding tert-OH is 1. The van der Waals surface area contributed by atoms with Gasteiger partial charge >= 0.3 is 12.1 Å². The van der Waals surface area contributed by atoms with Gasteiger partial charge in [0.15, 0.2) is 34.3 Å². The van der Waals surface area contributed by atoms with Crippen LogP contribution in [0.1, 0.15) is 211 Å². The number of nitrogens with zero attached hydrogens (tertiary/aromatic N) is 5. The molecule has 6 aromatic carbocycles. The number of nitrogens with two attached hydrogens (primary N) is 1. The van der Waals surface area contributed by atoms with Gasteiger partial charge in [0.2, 0.25) is 17.9 Å². The molecule has 2 spiro atoms. The van der Waals surface area contributed by atoms with E-state index in [1.54, 1.807) is 16.9 Å². The summed E-state index contributed by atoms with van der Waals surface area (Å²) in [6, 6.07) is 50.6. The second kappa shape index (κ2) is 42.9. The molecule has 2 unspecified atom stereocenters. The second-order valence-electron chi connectivity index (χ2n) is 34.1. The van der Waals surface area contributed by atoms with E-state index in [9.17, 15) is 48.3 Å². The molecule has 4 aliphatic heterocycles. The minimum atomic E-state index is -1.22. The molecule has 6 aromatic rings. The van der Waals surface area contributed by atoms with Crippen molar-refractivity contribution < 1.29 is 67.4 Å². The number of aliphatic hydroxyl groups is 1. The number of hydrogen-bond acceptors (Lipinski definition) is 18. The molecular weight excluding hydrogens is 1490 g/mol. The van der Waals surface area contributed by atoms with Crippen LogP contribution in [-0.2, 0) is 65.8 Å². The van der Waals surface area contributed by atoms with Crippen LogP contribution >= 0.6 is 0 Å². The van der Waals surface area contributed by atoms with Crippen LogP contribution in [0.3, 0.4) is 0 Å². The minimum absolute atomic E-state index is 0.0342. The number of methoxy groups -OCH3 is 1. The van der Waals surface area contributed by atoms with E-state index in [1.165, 1.54) is 13.1 Å². The van der Waals surface area contributed by atoms with Gasteiger partial charge in [0.05, 0.1) is 43.1 Å². The zero-order valence-corrected chi connectivity index (χ0v) is 70.9. The third-order valence-electron chi connectivity index (χ3n) is 23.0. The highest BCUT2D eigenvalue weighted by Gasteiger charge is 2.58. The number of amides is 5. The molecular formula is C95H123N9O14. The fraction of sp³-hybridized carbons (Fsp3) is 0.505. The van der Waals surface area contributed by atoms with Crippen molar-refractivity contribution in [2.75, 3.05) is 33.9 Å². The molecule has 4 heterocycles. The Kier molecular flexibility index (Phi) is 33.3. The van der Waals surface area contributed by atoms with Gasteiger partial charge < -0.3 is 55.7 Å². The van der Waals surface area contributed by atoms with Gasteiger partial charge in [0.25, 0.3) is 0 Å². The zero-order chi connectivity index (χ0) is 85.3. The third-order valence-corrected chi connectivity index (χ3v) is 23.0. The number of ketones is 4. The lowest BCUT2D eigenvalue weighted by Gasteiger charge is -2.35. The zero-order valence-electron chi connectivity index (χ0n) is 70.9. The monoisotopic (exact) mass is 1610 g/mol. The van der Waals surface area contributed by atoms with Crippen LogP contribution in [0.4, 0.5) is 9.59 Å². The number of carbonyl (C=O) groups excluding carboxylic acids is 9. The number of isocyanates is 1. The van der Waals surface area contributed by atoms with Crippen LogP contribution in [0, 0.1) is 34.5 Å². The van der Waals surface area contributed by atoms with Crippen molar-refractivity contribution in [3.8, 4) is 11.1 Å². The van der Waals surface area contributed by atoms with E-state index in [2.05, 4.69) is 61.3 Å². The largest absolute Gasteiger partial charge is 0.449 e. The number of alkyl carbamates (subject to hydrolysis) is 1. The van der Waals surface area contributed by atoms with Crippen molar-refractivity contribution in [2.45, 2.75) is 239 Å².